The van der Waals surface area contributed by atoms with Crippen LogP contribution in [0, 0.1) is 5.41 Å². The molecule has 6 nitrogen and oxygen atoms in total. The standard InChI is InChI=1S/C27H32N4O2/c1-4-15-31-16-13-24(28-31)25(32)30-17-14-27(20-30,26(33)29(2)3)19-21-9-8-12-23(18-21)22-10-6-5-7-11-22/h5-13,16,18H,4,14-15,17,19-20H2,1-3H3. The van der Waals surface area contributed by atoms with Crippen LogP contribution in [0.4, 0.5) is 0 Å². The second kappa shape index (κ2) is 9.61. The second-order valence-electron chi connectivity index (χ2n) is 9.16. The summed E-state index contributed by atoms with van der Waals surface area (Å²) in [6, 6.07) is 20.4. The molecule has 4 rings (SSSR count). The Bertz CT molecular complexity index is 1120. The minimum Gasteiger partial charge on any atom is -0.348 e. The summed E-state index contributed by atoms with van der Waals surface area (Å²) >= 11 is 0. The van der Waals surface area contributed by atoms with Gasteiger partial charge < -0.3 is 9.80 Å². The number of amides is 2. The van der Waals surface area contributed by atoms with E-state index in [1.54, 1.807) is 34.6 Å². The van der Waals surface area contributed by atoms with E-state index in [1.165, 1.54) is 0 Å². The molecule has 2 amide bonds. The lowest BCUT2D eigenvalue weighted by molar-refractivity contribution is -0.138. The molecule has 0 spiro atoms. The fourth-order valence-electron chi connectivity index (χ4n) is 4.79. The molecule has 1 saturated heterocycles. The summed E-state index contributed by atoms with van der Waals surface area (Å²) in [5.74, 6) is -0.0317. The van der Waals surface area contributed by atoms with Gasteiger partial charge in [-0.15, -0.1) is 0 Å². The van der Waals surface area contributed by atoms with Gasteiger partial charge in [0.25, 0.3) is 5.91 Å². The molecular weight excluding hydrogens is 412 g/mol. The lowest BCUT2D eigenvalue weighted by Gasteiger charge is -2.31. The molecule has 0 radical (unpaired) electrons. The zero-order chi connectivity index (χ0) is 23.4. The Morgan fingerprint density at radius 3 is 2.52 bits per heavy atom. The largest absolute Gasteiger partial charge is 0.348 e. The van der Waals surface area contributed by atoms with Gasteiger partial charge in [0.15, 0.2) is 0 Å². The van der Waals surface area contributed by atoms with Gasteiger partial charge in [-0.1, -0.05) is 61.5 Å². The van der Waals surface area contributed by atoms with E-state index in [4.69, 9.17) is 0 Å². The van der Waals surface area contributed by atoms with E-state index in [-0.39, 0.29) is 11.8 Å². The van der Waals surface area contributed by atoms with E-state index in [2.05, 4.69) is 42.4 Å². The van der Waals surface area contributed by atoms with E-state index in [0.717, 1.165) is 29.7 Å². The topological polar surface area (TPSA) is 58.4 Å². The maximum atomic E-state index is 13.4. The third-order valence-corrected chi connectivity index (χ3v) is 6.39. The van der Waals surface area contributed by atoms with Gasteiger partial charge in [-0.25, -0.2) is 0 Å². The third kappa shape index (κ3) is 4.85. The van der Waals surface area contributed by atoms with E-state index >= 15 is 0 Å². The lowest BCUT2D eigenvalue weighted by atomic mass is 9.79. The molecule has 1 fully saturated rings. The van der Waals surface area contributed by atoms with Crippen molar-refractivity contribution < 1.29 is 9.59 Å². The number of carbonyl (C=O) groups excluding carboxylic acids is 2. The van der Waals surface area contributed by atoms with Crippen molar-refractivity contribution in [3.8, 4) is 11.1 Å². The number of likely N-dealkylation sites (tertiary alicyclic amines) is 1. The molecule has 0 aliphatic carbocycles. The van der Waals surface area contributed by atoms with Crippen molar-refractivity contribution in [2.24, 2.45) is 5.41 Å². The van der Waals surface area contributed by atoms with E-state index in [0.29, 0.717) is 31.6 Å². The lowest BCUT2D eigenvalue weighted by Crippen LogP contribution is -2.44. The van der Waals surface area contributed by atoms with Gasteiger partial charge in [0.1, 0.15) is 5.69 Å². The summed E-state index contributed by atoms with van der Waals surface area (Å²) in [4.78, 5) is 30.0. The van der Waals surface area contributed by atoms with Crippen molar-refractivity contribution in [1.29, 1.82) is 0 Å². The van der Waals surface area contributed by atoms with Gasteiger partial charge in [0.05, 0.1) is 5.41 Å². The minimum atomic E-state index is -0.638. The average molecular weight is 445 g/mol. The highest BCUT2D eigenvalue weighted by atomic mass is 16.2. The van der Waals surface area contributed by atoms with Gasteiger partial charge in [0, 0.05) is 39.9 Å². The molecular formula is C27H32N4O2. The highest BCUT2D eigenvalue weighted by Gasteiger charge is 2.47. The van der Waals surface area contributed by atoms with Crippen molar-refractivity contribution in [2.75, 3.05) is 27.2 Å². The number of hydrogen-bond donors (Lipinski definition) is 0. The molecule has 0 N–H and O–H groups in total. The molecule has 172 valence electrons. The Hall–Kier alpha value is -3.41. The van der Waals surface area contributed by atoms with Gasteiger partial charge in [-0.05, 0) is 42.0 Å². The molecule has 3 aromatic rings. The Balaban J connectivity index is 1.58. The van der Waals surface area contributed by atoms with Crippen LogP contribution in [0.1, 0.15) is 35.8 Å². The highest BCUT2D eigenvalue weighted by molar-refractivity contribution is 5.93. The number of benzene rings is 2. The number of hydrogen-bond acceptors (Lipinski definition) is 3. The van der Waals surface area contributed by atoms with E-state index < -0.39 is 5.41 Å². The molecule has 1 aliphatic heterocycles. The second-order valence-corrected chi connectivity index (χ2v) is 9.16. The van der Waals surface area contributed by atoms with Crippen LogP contribution in [-0.2, 0) is 17.8 Å². The molecule has 0 bridgehead atoms. The van der Waals surface area contributed by atoms with Crippen molar-refractivity contribution >= 4 is 11.8 Å². The van der Waals surface area contributed by atoms with E-state index in [1.807, 2.05) is 30.5 Å². The van der Waals surface area contributed by atoms with Crippen LogP contribution >= 0.6 is 0 Å². The Morgan fingerprint density at radius 1 is 1.03 bits per heavy atom. The monoisotopic (exact) mass is 444 g/mol. The summed E-state index contributed by atoms with van der Waals surface area (Å²) in [7, 11) is 3.59. The van der Waals surface area contributed by atoms with Crippen molar-refractivity contribution in [3.63, 3.8) is 0 Å². The molecule has 2 heterocycles. The molecule has 0 saturated carbocycles. The van der Waals surface area contributed by atoms with E-state index in [9.17, 15) is 9.59 Å². The average Bonchev–Trinajstić information content (AvgIpc) is 3.47. The summed E-state index contributed by atoms with van der Waals surface area (Å²) < 4.78 is 1.80. The molecule has 2 aromatic carbocycles. The summed E-state index contributed by atoms with van der Waals surface area (Å²) in [5, 5.41) is 4.43. The number of aromatic nitrogens is 2. The number of aryl methyl sites for hydroxylation is 1. The molecule has 1 unspecified atom stereocenters. The van der Waals surface area contributed by atoms with Crippen LogP contribution in [0.5, 0.6) is 0 Å². The molecule has 33 heavy (non-hydrogen) atoms. The van der Waals surface area contributed by atoms with Gasteiger partial charge in [0.2, 0.25) is 5.91 Å². The minimum absolute atomic E-state index is 0.0689. The quantitative estimate of drug-likeness (QED) is 0.551. The smallest absolute Gasteiger partial charge is 0.274 e. The van der Waals surface area contributed by atoms with Crippen molar-refractivity contribution in [1.82, 2.24) is 19.6 Å². The Morgan fingerprint density at radius 2 is 1.79 bits per heavy atom. The number of nitrogens with zero attached hydrogens (tertiary/aromatic N) is 4. The maximum Gasteiger partial charge on any atom is 0.274 e. The van der Waals surface area contributed by atoms with Crippen LogP contribution in [0.2, 0.25) is 0 Å². The van der Waals surface area contributed by atoms with Crippen LogP contribution in [-0.4, -0.2) is 58.6 Å². The summed E-state index contributed by atoms with van der Waals surface area (Å²) in [5.41, 5.74) is 3.20. The van der Waals surface area contributed by atoms with Gasteiger partial charge in [-0.3, -0.25) is 14.3 Å². The molecule has 1 atom stereocenters. The first kappa shape index (κ1) is 22.8. The molecule has 1 aromatic heterocycles. The summed E-state index contributed by atoms with van der Waals surface area (Å²) in [6.07, 6.45) is 4.04. The zero-order valence-electron chi connectivity index (χ0n) is 19.7. The first-order valence-electron chi connectivity index (χ1n) is 11.6. The van der Waals surface area contributed by atoms with Gasteiger partial charge in [-0.2, -0.15) is 5.10 Å². The molecule has 1 aliphatic rings. The Labute approximate surface area is 195 Å². The van der Waals surface area contributed by atoms with Crippen molar-refractivity contribution in [2.45, 2.75) is 32.7 Å². The van der Waals surface area contributed by atoms with Gasteiger partial charge >= 0.3 is 0 Å². The van der Waals surface area contributed by atoms with Crippen LogP contribution in [0.3, 0.4) is 0 Å². The normalized spacial score (nSPS) is 17.8. The first-order chi connectivity index (χ1) is 15.9. The first-order valence-corrected chi connectivity index (χ1v) is 11.6. The predicted molar refractivity (Wildman–Crippen MR) is 130 cm³/mol. The number of carbonyl (C=O) groups is 2. The number of rotatable bonds is 7. The fourth-order valence-corrected chi connectivity index (χ4v) is 4.79. The fraction of sp³-hybridized carbons (Fsp3) is 0.370. The maximum absolute atomic E-state index is 13.4. The highest BCUT2D eigenvalue weighted by Crippen LogP contribution is 2.37. The van der Waals surface area contributed by atoms with Crippen LogP contribution < -0.4 is 0 Å². The Kier molecular flexibility index (Phi) is 6.63. The SMILES string of the molecule is CCCn1ccc(C(=O)N2CCC(Cc3cccc(-c4ccccc4)c3)(C(=O)N(C)C)C2)n1. The van der Waals surface area contributed by atoms with Crippen molar-refractivity contribution in [3.05, 3.63) is 78.1 Å². The summed E-state index contributed by atoms with van der Waals surface area (Å²) in [6.45, 7) is 3.82. The third-order valence-electron chi connectivity index (χ3n) is 6.39. The zero-order valence-corrected chi connectivity index (χ0v) is 19.7. The predicted octanol–water partition coefficient (Wildman–Crippen LogP) is 4.12. The molecule has 6 heteroatoms. The van der Waals surface area contributed by atoms with Crippen LogP contribution in [0.15, 0.2) is 66.9 Å². The van der Waals surface area contributed by atoms with Crippen LogP contribution in [0.25, 0.3) is 11.1 Å².